The fourth-order valence-electron chi connectivity index (χ4n) is 4.85. The third-order valence-electron chi connectivity index (χ3n) is 6.60. The minimum atomic E-state index is -2.10. The Labute approximate surface area is 262 Å². The summed E-state index contributed by atoms with van der Waals surface area (Å²) in [6.07, 6.45) is -2.60. The Balaban J connectivity index is 4.42. The molecule has 0 amide bonds. The van der Waals surface area contributed by atoms with Gasteiger partial charge in [-0.05, 0) is 76.2 Å². The lowest BCUT2D eigenvalue weighted by Crippen LogP contribution is -2.72. The van der Waals surface area contributed by atoms with E-state index in [2.05, 4.69) is 79.6 Å². The topological polar surface area (TPSA) is 94.6 Å². The largest absolute Gasteiger partial charge is 0.365 e. The highest BCUT2D eigenvalue weighted by Gasteiger charge is 2.71. The van der Waals surface area contributed by atoms with Gasteiger partial charge in [0.25, 0.3) is 0 Å². The quantitative estimate of drug-likeness (QED) is 0.180. The van der Waals surface area contributed by atoms with Crippen molar-refractivity contribution in [1.82, 2.24) is 0 Å². The normalized spacial score (nSPS) is 25.4. The van der Waals surface area contributed by atoms with Crippen molar-refractivity contribution in [2.75, 3.05) is 0 Å². The van der Waals surface area contributed by atoms with Crippen LogP contribution in [0.1, 0.15) is 76.2 Å². The highest BCUT2D eigenvalue weighted by Crippen LogP contribution is 2.55. The molecular weight excluding hydrogens is 808 g/mol. The standard InChI is InChI=1S/C26H37Br5O6/c1-12-26(19(35)24(8,9)30,20(36)25(10,11)31)14(17(33)22(4,5)28)13(16(32)21(2,3)27)15(37-12)18(34)23(6,7)29/h12-15H,1-11H3. The molecule has 37 heavy (non-hydrogen) atoms. The van der Waals surface area contributed by atoms with Crippen molar-refractivity contribution in [3.63, 3.8) is 0 Å². The molecule has 4 unspecified atom stereocenters. The second kappa shape index (κ2) is 11.2. The van der Waals surface area contributed by atoms with Crippen molar-refractivity contribution in [1.29, 1.82) is 0 Å². The lowest BCUT2D eigenvalue weighted by Gasteiger charge is -2.55. The van der Waals surface area contributed by atoms with Gasteiger partial charge in [-0.1, -0.05) is 79.6 Å². The predicted octanol–water partition coefficient (Wildman–Crippen LogP) is 6.71. The van der Waals surface area contributed by atoms with Crippen LogP contribution in [0.15, 0.2) is 0 Å². The number of Topliss-reactive ketones (excluding diaryl/α,β-unsaturated/α-hetero) is 5. The fourth-order valence-corrected chi connectivity index (χ4v) is 6.24. The van der Waals surface area contributed by atoms with Gasteiger partial charge in [-0.25, -0.2) is 0 Å². The molecule has 0 aliphatic carbocycles. The molecule has 1 aliphatic heterocycles. The summed E-state index contributed by atoms with van der Waals surface area (Å²) in [7, 11) is 0. The second-order valence-corrected chi connectivity index (χ2v) is 22.1. The minimum Gasteiger partial charge on any atom is -0.365 e. The smallest absolute Gasteiger partial charge is 0.178 e. The average molecular weight is 845 g/mol. The molecule has 0 radical (unpaired) electrons. The Hall–Kier alpha value is 0.710. The van der Waals surface area contributed by atoms with E-state index in [-0.39, 0.29) is 0 Å². The first-order chi connectivity index (χ1) is 16.0. The van der Waals surface area contributed by atoms with Crippen LogP contribution in [0.4, 0.5) is 0 Å². The number of rotatable bonds is 10. The van der Waals surface area contributed by atoms with Gasteiger partial charge in [-0.3, -0.25) is 24.0 Å². The molecule has 0 aromatic heterocycles. The van der Waals surface area contributed by atoms with Gasteiger partial charge in [-0.15, -0.1) is 0 Å². The number of carbonyl (C=O) groups excluding carboxylic acids is 5. The molecule has 1 rings (SSSR count). The Morgan fingerprint density at radius 2 is 0.892 bits per heavy atom. The maximum Gasteiger partial charge on any atom is 0.178 e. The zero-order chi connectivity index (χ0) is 29.9. The molecule has 0 bridgehead atoms. The van der Waals surface area contributed by atoms with Crippen LogP contribution in [0.3, 0.4) is 0 Å². The van der Waals surface area contributed by atoms with Crippen LogP contribution in [0.5, 0.6) is 0 Å². The maximum absolute atomic E-state index is 14.4. The monoisotopic (exact) mass is 840 g/mol. The lowest BCUT2D eigenvalue weighted by atomic mass is 9.52. The number of ether oxygens (including phenoxy) is 1. The molecule has 1 saturated heterocycles. The first-order valence-electron chi connectivity index (χ1n) is 11.9. The fraction of sp³-hybridized carbons (Fsp3) is 0.808. The van der Waals surface area contributed by atoms with Crippen LogP contribution < -0.4 is 0 Å². The summed E-state index contributed by atoms with van der Waals surface area (Å²) < 4.78 is 0.195. The van der Waals surface area contributed by atoms with E-state index in [1.54, 1.807) is 69.2 Å². The van der Waals surface area contributed by atoms with Crippen LogP contribution in [-0.2, 0) is 28.7 Å². The van der Waals surface area contributed by atoms with Gasteiger partial charge in [0, 0.05) is 0 Å². The molecule has 4 atom stereocenters. The summed E-state index contributed by atoms with van der Waals surface area (Å²) >= 11 is 17.0. The summed E-state index contributed by atoms with van der Waals surface area (Å²) in [4.78, 5) is 71.1. The molecule has 0 aromatic carbocycles. The van der Waals surface area contributed by atoms with Crippen molar-refractivity contribution >= 4 is 109 Å². The van der Waals surface area contributed by atoms with E-state index in [4.69, 9.17) is 4.74 Å². The van der Waals surface area contributed by atoms with Gasteiger partial charge in [0.15, 0.2) is 28.9 Å². The summed E-state index contributed by atoms with van der Waals surface area (Å²) in [6.45, 7) is 17.5. The third kappa shape index (κ3) is 7.14. The Bertz CT molecular complexity index is 944. The van der Waals surface area contributed by atoms with Crippen LogP contribution in [-0.4, -0.2) is 62.7 Å². The second-order valence-electron chi connectivity index (χ2n) is 12.2. The van der Waals surface area contributed by atoms with Gasteiger partial charge < -0.3 is 4.74 Å². The van der Waals surface area contributed by atoms with E-state index in [0.717, 1.165) is 0 Å². The van der Waals surface area contributed by atoms with Gasteiger partial charge in [-0.2, -0.15) is 0 Å². The number of carbonyl (C=O) groups is 5. The van der Waals surface area contributed by atoms with Crippen LogP contribution >= 0.6 is 79.6 Å². The van der Waals surface area contributed by atoms with Gasteiger partial charge in [0.2, 0.25) is 0 Å². The SMILES string of the molecule is CC1OC(C(=O)C(C)(C)Br)C(C(=O)C(C)(C)Br)C(C(=O)C(C)(C)Br)C1(C(=O)C(C)(C)Br)C(=O)C(C)(C)Br. The van der Waals surface area contributed by atoms with Crippen molar-refractivity contribution < 1.29 is 28.7 Å². The molecule has 1 aliphatic rings. The summed E-state index contributed by atoms with van der Waals surface area (Å²) in [5.74, 6) is -5.68. The van der Waals surface area contributed by atoms with Crippen molar-refractivity contribution in [2.24, 2.45) is 17.3 Å². The van der Waals surface area contributed by atoms with Gasteiger partial charge in [0.05, 0.1) is 39.6 Å². The number of ketones is 5. The number of alkyl halides is 5. The van der Waals surface area contributed by atoms with Gasteiger partial charge >= 0.3 is 0 Å². The molecule has 0 aromatic rings. The molecule has 0 N–H and O–H groups in total. The molecule has 1 heterocycles. The first kappa shape index (κ1) is 35.7. The number of hydrogen-bond donors (Lipinski definition) is 0. The summed E-state index contributed by atoms with van der Waals surface area (Å²) in [5, 5.41) is 0. The van der Waals surface area contributed by atoms with Gasteiger partial charge in [0.1, 0.15) is 11.5 Å². The maximum atomic E-state index is 14.4. The Morgan fingerprint density at radius 1 is 0.568 bits per heavy atom. The van der Waals surface area contributed by atoms with E-state index in [9.17, 15) is 24.0 Å². The zero-order valence-corrected chi connectivity index (χ0v) is 31.1. The highest BCUT2D eigenvalue weighted by molar-refractivity contribution is 9.11. The molecular formula is C26H37Br5O6. The van der Waals surface area contributed by atoms with Crippen LogP contribution in [0, 0.1) is 17.3 Å². The van der Waals surface area contributed by atoms with E-state index < -0.39 is 80.0 Å². The summed E-state index contributed by atoms with van der Waals surface area (Å²) in [6, 6.07) is 0. The number of hydrogen-bond acceptors (Lipinski definition) is 6. The molecule has 212 valence electrons. The minimum absolute atomic E-state index is 0.468. The summed E-state index contributed by atoms with van der Waals surface area (Å²) in [5.41, 5.74) is -2.10. The number of halogens is 5. The third-order valence-corrected chi connectivity index (χ3v) is 8.49. The van der Waals surface area contributed by atoms with E-state index in [1.807, 2.05) is 0 Å². The molecule has 0 saturated carbocycles. The lowest BCUT2D eigenvalue weighted by molar-refractivity contribution is -0.201. The Kier molecular flexibility index (Phi) is 10.8. The first-order valence-corrected chi connectivity index (χ1v) is 15.8. The van der Waals surface area contributed by atoms with E-state index in [0.29, 0.717) is 0 Å². The van der Waals surface area contributed by atoms with Crippen molar-refractivity contribution in [2.45, 2.75) is 110 Å². The predicted molar refractivity (Wildman–Crippen MR) is 164 cm³/mol. The molecule has 11 heteroatoms. The molecule has 1 fully saturated rings. The average Bonchev–Trinajstić information content (AvgIpc) is 2.66. The molecule has 6 nitrogen and oxygen atoms in total. The van der Waals surface area contributed by atoms with Crippen molar-refractivity contribution in [3.05, 3.63) is 0 Å². The van der Waals surface area contributed by atoms with Crippen molar-refractivity contribution in [3.8, 4) is 0 Å². The Morgan fingerprint density at radius 3 is 1.16 bits per heavy atom. The zero-order valence-electron chi connectivity index (χ0n) is 23.1. The molecule has 0 spiro atoms. The highest BCUT2D eigenvalue weighted by atomic mass is 79.9. The van der Waals surface area contributed by atoms with E-state index >= 15 is 0 Å². The van der Waals surface area contributed by atoms with Crippen LogP contribution in [0.25, 0.3) is 0 Å². The van der Waals surface area contributed by atoms with Crippen LogP contribution in [0.2, 0.25) is 0 Å². The van der Waals surface area contributed by atoms with E-state index in [1.165, 1.54) is 6.92 Å².